The van der Waals surface area contributed by atoms with Gasteiger partial charge in [0.15, 0.2) is 5.78 Å². The summed E-state index contributed by atoms with van der Waals surface area (Å²) in [6.07, 6.45) is 3.25. The molecule has 0 radical (unpaired) electrons. The summed E-state index contributed by atoms with van der Waals surface area (Å²) in [4.78, 5) is 32.3. The van der Waals surface area contributed by atoms with E-state index < -0.39 is 5.60 Å². The molecule has 1 aromatic rings. The highest BCUT2D eigenvalue weighted by atomic mass is 16.6. The molecule has 6 heteroatoms. The summed E-state index contributed by atoms with van der Waals surface area (Å²) in [5, 5.41) is 0. The molecule has 1 saturated heterocycles. The van der Waals surface area contributed by atoms with Crippen molar-refractivity contribution in [3.8, 4) is 0 Å². The highest BCUT2D eigenvalue weighted by Crippen LogP contribution is 2.21. The number of carbonyl (C=O) groups excluding carboxylic acids is 2. The van der Waals surface area contributed by atoms with Gasteiger partial charge in [0, 0.05) is 25.3 Å². The Morgan fingerprint density at radius 3 is 2.75 bits per heavy atom. The number of nitrogens with zero attached hydrogens (tertiary/aromatic N) is 3. The molecule has 0 unspecified atom stereocenters. The van der Waals surface area contributed by atoms with Gasteiger partial charge in [0.05, 0.1) is 6.54 Å². The van der Waals surface area contributed by atoms with E-state index in [9.17, 15) is 9.59 Å². The topological polar surface area (TPSA) is 62.7 Å². The number of rotatable bonds is 5. The Balaban J connectivity index is 1.89. The van der Waals surface area contributed by atoms with Gasteiger partial charge in [-0.2, -0.15) is 0 Å². The first-order valence-corrected chi connectivity index (χ1v) is 8.38. The summed E-state index contributed by atoms with van der Waals surface area (Å²) in [6.45, 7) is 7.25. The van der Waals surface area contributed by atoms with E-state index in [1.54, 1.807) is 29.3 Å². The Hall–Kier alpha value is -1.95. The fourth-order valence-corrected chi connectivity index (χ4v) is 2.86. The second kappa shape index (κ2) is 7.75. The van der Waals surface area contributed by atoms with Gasteiger partial charge in [-0.3, -0.25) is 14.7 Å². The van der Waals surface area contributed by atoms with E-state index in [0.29, 0.717) is 18.8 Å². The number of likely N-dealkylation sites (N-methyl/N-ethyl adjacent to an activating group) is 1. The van der Waals surface area contributed by atoms with E-state index in [0.717, 1.165) is 12.8 Å². The molecule has 2 heterocycles. The van der Waals surface area contributed by atoms with Gasteiger partial charge < -0.3 is 9.64 Å². The van der Waals surface area contributed by atoms with E-state index in [1.807, 2.05) is 32.7 Å². The average Bonchev–Trinajstić information content (AvgIpc) is 2.94. The smallest absolute Gasteiger partial charge is 0.410 e. The molecular weight excluding hydrogens is 306 g/mol. The Morgan fingerprint density at radius 1 is 1.38 bits per heavy atom. The molecule has 0 spiro atoms. The predicted octanol–water partition coefficient (Wildman–Crippen LogP) is 2.60. The van der Waals surface area contributed by atoms with Crippen LogP contribution in [0.4, 0.5) is 4.79 Å². The number of amides is 1. The lowest BCUT2D eigenvalue weighted by Gasteiger charge is -2.30. The van der Waals surface area contributed by atoms with E-state index >= 15 is 0 Å². The number of pyridine rings is 1. The summed E-state index contributed by atoms with van der Waals surface area (Å²) in [5.41, 5.74) is -0.0230. The number of likely N-dealkylation sites (tertiary alicyclic amines) is 1. The maximum atomic E-state index is 12.3. The summed E-state index contributed by atoms with van der Waals surface area (Å²) in [6, 6.07) is 5.40. The van der Waals surface area contributed by atoms with Gasteiger partial charge >= 0.3 is 6.09 Å². The molecule has 2 rings (SSSR count). The van der Waals surface area contributed by atoms with Crippen LogP contribution >= 0.6 is 0 Å². The van der Waals surface area contributed by atoms with Crippen molar-refractivity contribution in [3.05, 3.63) is 30.1 Å². The van der Waals surface area contributed by atoms with Crippen LogP contribution in [0.15, 0.2) is 24.4 Å². The molecule has 6 nitrogen and oxygen atoms in total. The molecule has 1 aromatic heterocycles. The molecule has 0 saturated carbocycles. The van der Waals surface area contributed by atoms with Gasteiger partial charge in [0.2, 0.25) is 0 Å². The minimum absolute atomic E-state index is 0.0140. The molecule has 0 bridgehead atoms. The molecule has 1 amide bonds. The number of carbonyl (C=O) groups is 2. The molecule has 1 aliphatic heterocycles. The SMILES string of the molecule is CN(CC(=O)c1ccccn1)C[C@H]1CCCN1C(=O)OC(C)(C)C. The fraction of sp³-hybridized carbons (Fsp3) is 0.611. The zero-order valence-corrected chi connectivity index (χ0v) is 15.0. The minimum Gasteiger partial charge on any atom is -0.444 e. The van der Waals surface area contributed by atoms with Crippen molar-refractivity contribution in [2.24, 2.45) is 0 Å². The van der Waals surface area contributed by atoms with Gasteiger partial charge in [-0.15, -0.1) is 0 Å². The van der Waals surface area contributed by atoms with E-state index in [4.69, 9.17) is 4.74 Å². The molecule has 24 heavy (non-hydrogen) atoms. The van der Waals surface area contributed by atoms with Crippen LogP contribution in [0.3, 0.4) is 0 Å². The van der Waals surface area contributed by atoms with Crippen molar-refractivity contribution in [2.45, 2.75) is 45.3 Å². The lowest BCUT2D eigenvalue weighted by atomic mass is 10.2. The Labute approximate surface area is 143 Å². The lowest BCUT2D eigenvalue weighted by Crippen LogP contribution is -2.45. The van der Waals surface area contributed by atoms with Crippen molar-refractivity contribution >= 4 is 11.9 Å². The standard InChI is InChI=1S/C18H27N3O3/c1-18(2,3)24-17(23)21-11-7-8-14(21)12-20(4)13-16(22)15-9-5-6-10-19-15/h5-6,9-10,14H,7-8,11-13H2,1-4H3/t14-/m1/s1. The van der Waals surface area contributed by atoms with Gasteiger partial charge in [0.25, 0.3) is 0 Å². The summed E-state index contributed by atoms with van der Waals surface area (Å²) >= 11 is 0. The molecule has 1 fully saturated rings. The van der Waals surface area contributed by atoms with Crippen LogP contribution < -0.4 is 0 Å². The second-order valence-corrected chi connectivity index (χ2v) is 7.30. The maximum absolute atomic E-state index is 12.3. The maximum Gasteiger partial charge on any atom is 0.410 e. The Morgan fingerprint density at radius 2 is 2.12 bits per heavy atom. The van der Waals surface area contributed by atoms with Crippen molar-refractivity contribution in [3.63, 3.8) is 0 Å². The molecule has 0 N–H and O–H groups in total. The van der Waals surface area contributed by atoms with E-state index in [-0.39, 0.29) is 24.5 Å². The summed E-state index contributed by atoms with van der Waals surface area (Å²) in [5.74, 6) is -0.0140. The molecule has 132 valence electrons. The van der Waals surface area contributed by atoms with Crippen LogP contribution in [0.25, 0.3) is 0 Å². The van der Waals surface area contributed by atoms with E-state index in [1.165, 1.54) is 0 Å². The van der Waals surface area contributed by atoms with Crippen LogP contribution in [0.5, 0.6) is 0 Å². The number of ketones is 1. The summed E-state index contributed by atoms with van der Waals surface area (Å²) < 4.78 is 5.48. The Kier molecular flexibility index (Phi) is 5.94. The van der Waals surface area contributed by atoms with Crippen molar-refractivity contribution in [1.82, 2.24) is 14.8 Å². The van der Waals surface area contributed by atoms with Gasteiger partial charge in [-0.05, 0) is 52.8 Å². The zero-order valence-electron chi connectivity index (χ0n) is 15.0. The third-order valence-corrected chi connectivity index (χ3v) is 3.89. The van der Waals surface area contributed by atoms with Crippen molar-refractivity contribution in [1.29, 1.82) is 0 Å². The predicted molar refractivity (Wildman–Crippen MR) is 92.0 cm³/mol. The van der Waals surface area contributed by atoms with Crippen molar-refractivity contribution < 1.29 is 14.3 Å². The first-order valence-electron chi connectivity index (χ1n) is 8.38. The van der Waals surface area contributed by atoms with Gasteiger partial charge in [-0.25, -0.2) is 4.79 Å². The monoisotopic (exact) mass is 333 g/mol. The second-order valence-electron chi connectivity index (χ2n) is 7.30. The quantitative estimate of drug-likeness (QED) is 0.775. The fourth-order valence-electron chi connectivity index (χ4n) is 2.86. The van der Waals surface area contributed by atoms with Crippen LogP contribution in [0.2, 0.25) is 0 Å². The average molecular weight is 333 g/mol. The third-order valence-electron chi connectivity index (χ3n) is 3.89. The van der Waals surface area contributed by atoms with Crippen molar-refractivity contribution in [2.75, 3.05) is 26.7 Å². The highest BCUT2D eigenvalue weighted by Gasteiger charge is 2.32. The van der Waals surface area contributed by atoms with Crippen LogP contribution in [-0.2, 0) is 4.74 Å². The van der Waals surface area contributed by atoms with E-state index in [2.05, 4.69) is 4.98 Å². The largest absolute Gasteiger partial charge is 0.444 e. The normalized spacial score (nSPS) is 18.0. The minimum atomic E-state index is -0.495. The first-order chi connectivity index (χ1) is 11.3. The molecular formula is C18H27N3O3. The van der Waals surface area contributed by atoms with Crippen LogP contribution in [-0.4, -0.2) is 65.0 Å². The highest BCUT2D eigenvalue weighted by molar-refractivity contribution is 5.95. The number of aromatic nitrogens is 1. The zero-order chi connectivity index (χ0) is 17.7. The molecule has 1 aliphatic rings. The molecule has 1 atom stereocenters. The first kappa shape index (κ1) is 18.4. The lowest BCUT2D eigenvalue weighted by molar-refractivity contribution is 0.0205. The molecule has 0 aromatic carbocycles. The van der Waals surface area contributed by atoms with Crippen LogP contribution in [0.1, 0.15) is 44.1 Å². The van der Waals surface area contributed by atoms with Gasteiger partial charge in [0.1, 0.15) is 11.3 Å². The number of hydrogen-bond acceptors (Lipinski definition) is 5. The van der Waals surface area contributed by atoms with Crippen LogP contribution in [0, 0.1) is 0 Å². The number of hydrogen-bond donors (Lipinski definition) is 0. The number of ether oxygens (including phenoxy) is 1. The Bertz CT molecular complexity index is 569. The molecule has 0 aliphatic carbocycles. The third kappa shape index (κ3) is 5.30. The van der Waals surface area contributed by atoms with Gasteiger partial charge in [-0.1, -0.05) is 6.07 Å². The number of Topliss-reactive ketones (excluding diaryl/α,β-unsaturated/α-hetero) is 1. The summed E-state index contributed by atoms with van der Waals surface area (Å²) in [7, 11) is 1.90.